The number of nitrogens with one attached hydrogen (secondary N) is 2. The first kappa shape index (κ1) is 29.4. The van der Waals surface area contributed by atoms with Crippen LogP contribution in [-0.4, -0.2) is 26.2 Å². The van der Waals surface area contributed by atoms with Gasteiger partial charge in [0.1, 0.15) is 13.1 Å². The maximum Gasteiger partial charge on any atom is 0.100 e. The summed E-state index contributed by atoms with van der Waals surface area (Å²) < 4.78 is 0. The lowest BCUT2D eigenvalue weighted by atomic mass is 10.0. The van der Waals surface area contributed by atoms with Gasteiger partial charge in [0.2, 0.25) is 0 Å². The predicted molar refractivity (Wildman–Crippen MR) is 157 cm³/mol. The molecular formula is C34H60N2+2. The summed E-state index contributed by atoms with van der Waals surface area (Å²) in [4.78, 5) is 3.39. The number of hydrogen-bond acceptors (Lipinski definition) is 0. The van der Waals surface area contributed by atoms with Crippen LogP contribution in [0.15, 0.2) is 47.9 Å². The van der Waals surface area contributed by atoms with Crippen LogP contribution in [0.25, 0.3) is 0 Å². The van der Waals surface area contributed by atoms with Crippen LogP contribution in [0.4, 0.5) is 0 Å². The minimum absolute atomic E-state index is 1.20. The van der Waals surface area contributed by atoms with Crippen LogP contribution in [0.5, 0.6) is 0 Å². The van der Waals surface area contributed by atoms with Gasteiger partial charge in [-0.25, -0.2) is 0 Å². The summed E-state index contributed by atoms with van der Waals surface area (Å²) in [5.41, 5.74) is 3.20. The second kappa shape index (κ2) is 19.9. The van der Waals surface area contributed by atoms with E-state index in [1.165, 1.54) is 167 Å². The Hall–Kier alpha value is -1.12. The Bertz CT molecular complexity index is 671. The lowest BCUT2D eigenvalue weighted by Gasteiger charge is -2.18. The van der Waals surface area contributed by atoms with Crippen molar-refractivity contribution in [3.05, 3.63) is 47.9 Å². The van der Waals surface area contributed by atoms with E-state index in [0.717, 1.165) is 0 Å². The molecule has 3 aliphatic heterocycles. The molecule has 3 heterocycles. The zero-order valence-electron chi connectivity index (χ0n) is 23.8. The van der Waals surface area contributed by atoms with E-state index in [0.29, 0.717) is 0 Å². The molecule has 4 bridgehead atoms. The van der Waals surface area contributed by atoms with Gasteiger partial charge in [0, 0.05) is 11.1 Å². The third kappa shape index (κ3) is 14.0. The van der Waals surface area contributed by atoms with E-state index in [1.807, 2.05) is 0 Å². The minimum Gasteiger partial charge on any atom is -0.305 e. The van der Waals surface area contributed by atoms with Gasteiger partial charge in [0.25, 0.3) is 0 Å². The van der Waals surface area contributed by atoms with E-state index >= 15 is 0 Å². The molecule has 2 N–H and O–H groups in total. The smallest absolute Gasteiger partial charge is 0.100 e. The molecule has 0 aliphatic carbocycles. The predicted octanol–water partition coefficient (Wildman–Crippen LogP) is 7.26. The first-order valence-corrected chi connectivity index (χ1v) is 16.3. The Labute approximate surface area is 225 Å². The van der Waals surface area contributed by atoms with E-state index < -0.39 is 0 Å². The summed E-state index contributed by atoms with van der Waals surface area (Å²) in [5.74, 6) is 0. The van der Waals surface area contributed by atoms with Gasteiger partial charge in [-0.1, -0.05) is 102 Å². The number of fused-ring (bicyclic) bond motifs is 2. The number of rotatable bonds is 0. The van der Waals surface area contributed by atoms with Crippen LogP contribution >= 0.6 is 0 Å². The lowest BCUT2D eigenvalue weighted by molar-refractivity contribution is -0.842. The van der Waals surface area contributed by atoms with Gasteiger partial charge in [-0.15, -0.1) is 0 Å². The molecule has 2 nitrogen and oxygen atoms in total. The van der Waals surface area contributed by atoms with Gasteiger partial charge in [-0.3, -0.25) is 0 Å². The van der Waals surface area contributed by atoms with Crippen molar-refractivity contribution in [3.8, 4) is 0 Å². The maximum atomic E-state index is 2.55. The van der Waals surface area contributed by atoms with Crippen molar-refractivity contribution in [2.24, 2.45) is 0 Å². The SMILES string of the molecule is C1=CC2=C[NH+](C1)CCCCCCCCCCCCCCC1=C[NH+](CC=C1)CCCCCCCCCC2. The molecule has 3 aliphatic rings. The third-order valence-corrected chi connectivity index (χ3v) is 8.63. The van der Waals surface area contributed by atoms with Crippen molar-refractivity contribution in [1.29, 1.82) is 0 Å². The maximum absolute atomic E-state index is 2.55. The van der Waals surface area contributed by atoms with Gasteiger partial charge in [0.05, 0.1) is 25.5 Å². The van der Waals surface area contributed by atoms with Crippen LogP contribution in [0.3, 0.4) is 0 Å². The zero-order valence-corrected chi connectivity index (χ0v) is 23.8. The molecule has 0 aromatic rings. The first-order valence-electron chi connectivity index (χ1n) is 16.3. The normalized spacial score (nSPS) is 28.0. The van der Waals surface area contributed by atoms with E-state index in [9.17, 15) is 0 Å². The summed E-state index contributed by atoms with van der Waals surface area (Å²) in [6.45, 7) is 5.07. The van der Waals surface area contributed by atoms with Gasteiger partial charge >= 0.3 is 0 Å². The molecule has 3 rings (SSSR count). The van der Waals surface area contributed by atoms with Crippen molar-refractivity contribution in [2.75, 3.05) is 26.2 Å². The average Bonchev–Trinajstić information content (AvgIpc) is 2.90. The summed E-state index contributed by atoms with van der Waals surface area (Å²) in [7, 11) is 0. The van der Waals surface area contributed by atoms with Crippen molar-refractivity contribution in [2.45, 2.75) is 141 Å². The highest BCUT2D eigenvalue weighted by molar-refractivity contribution is 5.18. The van der Waals surface area contributed by atoms with Gasteiger partial charge < -0.3 is 9.80 Å². The van der Waals surface area contributed by atoms with Crippen LogP contribution in [0, 0.1) is 0 Å². The Morgan fingerprint density at radius 1 is 0.361 bits per heavy atom. The summed E-state index contributed by atoms with van der Waals surface area (Å²) in [6, 6.07) is 0. The topological polar surface area (TPSA) is 8.88 Å². The lowest BCUT2D eigenvalue weighted by Crippen LogP contribution is -3.07. The summed E-state index contributed by atoms with van der Waals surface area (Å²) >= 11 is 0. The molecule has 2 atom stereocenters. The fourth-order valence-corrected chi connectivity index (χ4v) is 6.31. The van der Waals surface area contributed by atoms with Crippen LogP contribution in [0.2, 0.25) is 0 Å². The Balaban J connectivity index is 1.34. The number of allylic oxidation sites excluding steroid dienone is 4. The van der Waals surface area contributed by atoms with Gasteiger partial charge in [-0.2, -0.15) is 0 Å². The first-order chi connectivity index (χ1) is 17.9. The van der Waals surface area contributed by atoms with Gasteiger partial charge in [0.15, 0.2) is 0 Å². The van der Waals surface area contributed by atoms with Crippen LogP contribution < -0.4 is 9.80 Å². The molecule has 0 aromatic heterocycles. The molecule has 36 heavy (non-hydrogen) atoms. The van der Waals surface area contributed by atoms with Crippen molar-refractivity contribution >= 4 is 0 Å². The van der Waals surface area contributed by atoms with E-state index in [4.69, 9.17) is 0 Å². The summed E-state index contributed by atoms with van der Waals surface area (Å²) in [6.07, 6.45) is 46.0. The average molecular weight is 497 g/mol. The highest BCUT2D eigenvalue weighted by Gasteiger charge is 2.11. The molecular weight excluding hydrogens is 436 g/mol. The molecule has 0 aromatic carbocycles. The molecule has 0 saturated carbocycles. The van der Waals surface area contributed by atoms with Gasteiger partial charge in [-0.05, 0) is 63.5 Å². The second-order valence-electron chi connectivity index (χ2n) is 12.0. The monoisotopic (exact) mass is 496 g/mol. The van der Waals surface area contributed by atoms with Crippen molar-refractivity contribution in [3.63, 3.8) is 0 Å². The van der Waals surface area contributed by atoms with Crippen LogP contribution in [0.1, 0.15) is 141 Å². The third-order valence-electron chi connectivity index (χ3n) is 8.63. The molecule has 0 radical (unpaired) electrons. The Kier molecular flexibility index (Phi) is 16.3. The molecule has 0 fully saturated rings. The molecule has 204 valence electrons. The van der Waals surface area contributed by atoms with Crippen molar-refractivity contribution < 1.29 is 9.80 Å². The van der Waals surface area contributed by atoms with E-state index in [2.05, 4.69) is 36.7 Å². The highest BCUT2D eigenvalue weighted by atomic mass is 15.1. The van der Waals surface area contributed by atoms with E-state index in [1.54, 1.807) is 20.9 Å². The largest absolute Gasteiger partial charge is 0.305 e. The molecule has 0 amide bonds. The minimum atomic E-state index is 1.20. The fourth-order valence-electron chi connectivity index (χ4n) is 6.31. The second-order valence-corrected chi connectivity index (χ2v) is 12.0. The summed E-state index contributed by atoms with van der Waals surface area (Å²) in [5, 5.41) is 0. The molecule has 0 spiro atoms. The Morgan fingerprint density at radius 2 is 0.667 bits per heavy atom. The molecule has 2 heteroatoms. The van der Waals surface area contributed by atoms with E-state index in [-0.39, 0.29) is 0 Å². The fraction of sp³-hybridized carbons (Fsp3) is 0.765. The standard InChI is InChI=1S/C34H58N2/c1-2-4-7-11-15-19-27-35-29-22-26-34(32-35)24-18-14-10-6-8-12-16-20-28-36-30-21-25-33(31-36)23-17-13-9-5-3-1/h21-22,25-26,31-32H,1-20,23-24,27-30H2/p+2. The van der Waals surface area contributed by atoms with Crippen LogP contribution in [-0.2, 0) is 0 Å². The number of hydrogen-bond donors (Lipinski definition) is 2. The quantitative estimate of drug-likeness (QED) is 0.349. The number of quaternary nitrogens is 2. The van der Waals surface area contributed by atoms with Crippen molar-refractivity contribution in [1.82, 2.24) is 0 Å². The Morgan fingerprint density at radius 3 is 1.03 bits per heavy atom. The molecule has 2 unspecified atom stereocenters. The molecule has 0 saturated heterocycles. The highest BCUT2D eigenvalue weighted by Crippen LogP contribution is 2.16. The zero-order chi connectivity index (χ0) is 24.9.